The van der Waals surface area contributed by atoms with Gasteiger partial charge in [0.05, 0.1) is 16.3 Å². The molecular weight excluding hydrogens is 452 g/mol. The van der Waals surface area contributed by atoms with Crippen molar-refractivity contribution in [1.82, 2.24) is 24.2 Å². The highest BCUT2D eigenvalue weighted by molar-refractivity contribution is 7.89. The van der Waals surface area contributed by atoms with Crippen LogP contribution in [-0.4, -0.2) is 64.7 Å². The Bertz CT molecular complexity index is 1330. The Morgan fingerprint density at radius 3 is 2.24 bits per heavy atom. The molecule has 0 N–H and O–H groups in total. The van der Waals surface area contributed by atoms with E-state index in [4.69, 9.17) is 0 Å². The van der Waals surface area contributed by atoms with Crippen molar-refractivity contribution < 1.29 is 22.0 Å². The zero-order chi connectivity index (χ0) is 23.9. The summed E-state index contributed by atoms with van der Waals surface area (Å²) in [6, 6.07) is 8.30. The number of carbonyl (C=O) groups is 1. The standard InChI is InChI=1S/C22H23F2N5O3S/c1-14-4-7-20(15(2)12-14)29-25-16(3)21(26-29)22(30)27-8-10-28(11-9-27)33(31,32)17-5-6-18(23)19(24)13-17/h4-7,12-13H,8-11H2,1-3H3. The third-order valence-electron chi connectivity index (χ3n) is 5.61. The fourth-order valence-electron chi connectivity index (χ4n) is 3.78. The zero-order valence-electron chi connectivity index (χ0n) is 18.4. The SMILES string of the molecule is Cc1ccc(-n2nc(C)c(C(=O)N3CCN(S(=O)(=O)c4ccc(F)c(F)c4)CC3)n2)c(C)c1. The molecule has 2 aromatic carbocycles. The van der Waals surface area contributed by atoms with Crippen LogP contribution < -0.4 is 0 Å². The maximum absolute atomic E-state index is 13.5. The van der Waals surface area contributed by atoms with Gasteiger partial charge in [-0.05, 0) is 50.6 Å². The van der Waals surface area contributed by atoms with Crippen LogP contribution in [0.3, 0.4) is 0 Å². The lowest BCUT2D eigenvalue weighted by atomic mass is 10.1. The van der Waals surface area contributed by atoms with Crippen molar-refractivity contribution in [3.05, 3.63) is 70.5 Å². The molecule has 0 saturated carbocycles. The summed E-state index contributed by atoms with van der Waals surface area (Å²) in [5.41, 5.74) is 3.52. The van der Waals surface area contributed by atoms with Crippen LogP contribution in [0.1, 0.15) is 27.3 Å². The van der Waals surface area contributed by atoms with Gasteiger partial charge in [0.1, 0.15) is 0 Å². The summed E-state index contributed by atoms with van der Waals surface area (Å²) in [4.78, 5) is 15.7. The Balaban J connectivity index is 1.49. The van der Waals surface area contributed by atoms with E-state index in [-0.39, 0.29) is 42.7 Å². The number of aromatic nitrogens is 3. The summed E-state index contributed by atoms with van der Waals surface area (Å²) < 4.78 is 53.4. The van der Waals surface area contributed by atoms with E-state index in [2.05, 4.69) is 10.2 Å². The normalized spacial score (nSPS) is 15.1. The van der Waals surface area contributed by atoms with Gasteiger partial charge in [0, 0.05) is 26.2 Å². The molecule has 0 aliphatic carbocycles. The third-order valence-corrected chi connectivity index (χ3v) is 7.50. The van der Waals surface area contributed by atoms with Gasteiger partial charge in [-0.25, -0.2) is 17.2 Å². The zero-order valence-corrected chi connectivity index (χ0v) is 19.2. The predicted octanol–water partition coefficient (Wildman–Crippen LogP) is 2.62. The van der Waals surface area contributed by atoms with E-state index in [1.54, 1.807) is 6.92 Å². The van der Waals surface area contributed by atoms with Crippen molar-refractivity contribution in [2.24, 2.45) is 0 Å². The molecule has 2 heterocycles. The van der Waals surface area contributed by atoms with Gasteiger partial charge in [-0.1, -0.05) is 17.7 Å². The molecule has 1 amide bonds. The van der Waals surface area contributed by atoms with Gasteiger partial charge >= 0.3 is 0 Å². The summed E-state index contributed by atoms with van der Waals surface area (Å²) in [7, 11) is -4.01. The molecule has 0 unspecified atom stereocenters. The average molecular weight is 476 g/mol. The molecule has 0 spiro atoms. The van der Waals surface area contributed by atoms with E-state index in [0.717, 1.165) is 33.3 Å². The Labute approximate surface area is 190 Å². The Morgan fingerprint density at radius 1 is 0.909 bits per heavy atom. The number of piperazine rings is 1. The molecule has 3 aromatic rings. The monoisotopic (exact) mass is 475 g/mol. The van der Waals surface area contributed by atoms with Crippen LogP contribution in [0, 0.1) is 32.4 Å². The van der Waals surface area contributed by atoms with E-state index in [1.165, 1.54) is 9.70 Å². The predicted molar refractivity (Wildman–Crippen MR) is 117 cm³/mol. The number of carbonyl (C=O) groups excluding carboxylic acids is 1. The van der Waals surface area contributed by atoms with E-state index >= 15 is 0 Å². The maximum Gasteiger partial charge on any atom is 0.276 e. The van der Waals surface area contributed by atoms with Crippen molar-refractivity contribution >= 4 is 15.9 Å². The lowest BCUT2D eigenvalue weighted by Crippen LogP contribution is -2.50. The molecule has 33 heavy (non-hydrogen) atoms. The molecular formula is C22H23F2N5O3S. The highest BCUT2D eigenvalue weighted by Gasteiger charge is 2.32. The summed E-state index contributed by atoms with van der Waals surface area (Å²) in [6.45, 7) is 5.95. The lowest BCUT2D eigenvalue weighted by molar-refractivity contribution is 0.0690. The Kier molecular flexibility index (Phi) is 6.02. The van der Waals surface area contributed by atoms with E-state index in [1.807, 2.05) is 32.0 Å². The fourth-order valence-corrected chi connectivity index (χ4v) is 5.22. The second-order valence-corrected chi connectivity index (χ2v) is 9.92. The minimum absolute atomic E-state index is 0.0251. The topological polar surface area (TPSA) is 88.4 Å². The first kappa shape index (κ1) is 23.0. The van der Waals surface area contributed by atoms with Gasteiger partial charge in [-0.3, -0.25) is 4.79 Å². The summed E-state index contributed by atoms with van der Waals surface area (Å²) in [5, 5.41) is 8.77. The van der Waals surface area contributed by atoms with Crippen LogP contribution in [0.4, 0.5) is 8.78 Å². The summed E-state index contributed by atoms with van der Waals surface area (Å²) in [6.07, 6.45) is 0. The van der Waals surface area contributed by atoms with Gasteiger partial charge < -0.3 is 4.90 Å². The Hall–Kier alpha value is -3.18. The van der Waals surface area contributed by atoms with Gasteiger partial charge in [-0.2, -0.15) is 14.2 Å². The molecule has 8 nitrogen and oxygen atoms in total. The van der Waals surface area contributed by atoms with Crippen LogP contribution in [0.25, 0.3) is 5.69 Å². The van der Waals surface area contributed by atoms with Crippen molar-refractivity contribution in [3.8, 4) is 5.69 Å². The number of aryl methyl sites for hydroxylation is 3. The van der Waals surface area contributed by atoms with Gasteiger partial charge in [0.2, 0.25) is 10.0 Å². The molecule has 4 rings (SSSR count). The maximum atomic E-state index is 13.5. The molecule has 0 radical (unpaired) electrons. The summed E-state index contributed by atoms with van der Waals surface area (Å²) >= 11 is 0. The fraction of sp³-hybridized carbons (Fsp3) is 0.318. The highest BCUT2D eigenvalue weighted by atomic mass is 32.2. The second kappa shape index (κ2) is 8.64. The summed E-state index contributed by atoms with van der Waals surface area (Å²) in [5.74, 6) is -2.69. The second-order valence-electron chi connectivity index (χ2n) is 7.99. The molecule has 1 aromatic heterocycles. The van der Waals surface area contributed by atoms with Crippen LogP contribution in [0.5, 0.6) is 0 Å². The smallest absolute Gasteiger partial charge is 0.276 e. The molecule has 1 aliphatic heterocycles. The molecule has 1 saturated heterocycles. The number of hydrogen-bond donors (Lipinski definition) is 0. The number of nitrogens with zero attached hydrogens (tertiary/aromatic N) is 5. The van der Waals surface area contributed by atoms with Crippen LogP contribution in [0.15, 0.2) is 41.3 Å². The van der Waals surface area contributed by atoms with Crippen molar-refractivity contribution in [2.45, 2.75) is 25.7 Å². The third kappa shape index (κ3) is 4.38. The van der Waals surface area contributed by atoms with Crippen molar-refractivity contribution in [2.75, 3.05) is 26.2 Å². The molecule has 0 atom stereocenters. The number of sulfonamides is 1. The first-order valence-electron chi connectivity index (χ1n) is 10.3. The van der Waals surface area contributed by atoms with Gasteiger partial charge in [-0.15, -0.1) is 5.10 Å². The first-order valence-corrected chi connectivity index (χ1v) is 11.8. The number of rotatable bonds is 4. The first-order chi connectivity index (χ1) is 15.6. The number of halogens is 2. The lowest BCUT2D eigenvalue weighted by Gasteiger charge is -2.33. The minimum Gasteiger partial charge on any atom is -0.335 e. The van der Waals surface area contributed by atoms with E-state index < -0.39 is 21.7 Å². The van der Waals surface area contributed by atoms with Crippen molar-refractivity contribution in [1.29, 1.82) is 0 Å². The van der Waals surface area contributed by atoms with Crippen LogP contribution >= 0.6 is 0 Å². The number of hydrogen-bond acceptors (Lipinski definition) is 5. The minimum atomic E-state index is -4.01. The molecule has 1 aliphatic rings. The number of amides is 1. The van der Waals surface area contributed by atoms with Gasteiger partial charge in [0.15, 0.2) is 17.3 Å². The molecule has 11 heteroatoms. The molecule has 0 bridgehead atoms. The van der Waals surface area contributed by atoms with E-state index in [0.29, 0.717) is 11.8 Å². The van der Waals surface area contributed by atoms with Gasteiger partial charge in [0.25, 0.3) is 5.91 Å². The van der Waals surface area contributed by atoms with Crippen molar-refractivity contribution in [3.63, 3.8) is 0 Å². The molecule has 174 valence electrons. The largest absolute Gasteiger partial charge is 0.335 e. The average Bonchev–Trinajstić information content (AvgIpc) is 3.16. The number of benzene rings is 2. The van der Waals surface area contributed by atoms with Crippen LogP contribution in [0.2, 0.25) is 0 Å². The highest BCUT2D eigenvalue weighted by Crippen LogP contribution is 2.21. The Morgan fingerprint density at radius 2 is 1.61 bits per heavy atom. The quantitative estimate of drug-likeness (QED) is 0.579. The van der Waals surface area contributed by atoms with E-state index in [9.17, 15) is 22.0 Å². The molecule has 1 fully saturated rings. The van der Waals surface area contributed by atoms with Crippen LogP contribution in [-0.2, 0) is 10.0 Å².